The van der Waals surface area contributed by atoms with E-state index in [9.17, 15) is 13.2 Å². The Balaban J connectivity index is 1.84. The first-order chi connectivity index (χ1) is 12.4. The fourth-order valence-electron chi connectivity index (χ4n) is 2.13. The zero-order chi connectivity index (χ0) is 19.0. The molecule has 2 rings (SSSR count). The lowest BCUT2D eigenvalue weighted by Gasteiger charge is -2.09. The molecule has 0 unspecified atom stereocenters. The van der Waals surface area contributed by atoms with Gasteiger partial charge in [-0.15, -0.1) is 0 Å². The first-order valence-corrected chi connectivity index (χ1v) is 9.55. The van der Waals surface area contributed by atoms with E-state index in [1.165, 1.54) is 12.1 Å². The molecule has 7 nitrogen and oxygen atoms in total. The number of rotatable bonds is 9. The van der Waals surface area contributed by atoms with Gasteiger partial charge in [0, 0.05) is 6.54 Å². The van der Waals surface area contributed by atoms with Crippen molar-refractivity contribution in [1.29, 1.82) is 0 Å². The molecule has 140 valence electrons. The molecule has 0 aliphatic rings. The van der Waals surface area contributed by atoms with Gasteiger partial charge in [-0.1, -0.05) is 12.1 Å². The van der Waals surface area contributed by atoms with Crippen molar-refractivity contribution in [3.8, 4) is 11.5 Å². The number of benzene rings is 2. The Labute approximate surface area is 153 Å². The Morgan fingerprint density at radius 1 is 1.00 bits per heavy atom. The van der Waals surface area contributed by atoms with Crippen molar-refractivity contribution in [2.24, 2.45) is 0 Å². The van der Waals surface area contributed by atoms with Crippen molar-refractivity contribution in [2.45, 2.75) is 18.4 Å². The van der Waals surface area contributed by atoms with Crippen molar-refractivity contribution in [3.05, 3.63) is 54.1 Å². The van der Waals surface area contributed by atoms with Gasteiger partial charge in [0.15, 0.2) is 0 Å². The number of methoxy groups -OCH3 is 1. The van der Waals surface area contributed by atoms with E-state index in [0.717, 1.165) is 11.3 Å². The molecule has 0 radical (unpaired) electrons. The Kier molecular flexibility index (Phi) is 6.99. The van der Waals surface area contributed by atoms with Crippen molar-refractivity contribution in [2.75, 3.05) is 20.3 Å². The third-order valence-electron chi connectivity index (χ3n) is 3.52. The first-order valence-electron chi connectivity index (χ1n) is 8.06. The van der Waals surface area contributed by atoms with Crippen LogP contribution in [0.4, 0.5) is 0 Å². The number of carbonyl (C=O) groups is 1. The van der Waals surface area contributed by atoms with Gasteiger partial charge in [0.05, 0.1) is 25.2 Å². The van der Waals surface area contributed by atoms with Crippen LogP contribution in [0, 0.1) is 0 Å². The average Bonchev–Trinajstić information content (AvgIpc) is 2.66. The molecule has 0 aliphatic heterocycles. The van der Waals surface area contributed by atoms with Crippen LogP contribution in [0.15, 0.2) is 53.4 Å². The maximum Gasteiger partial charge on any atom is 0.241 e. The summed E-state index contributed by atoms with van der Waals surface area (Å²) in [5, 5.41) is 2.66. The standard InChI is InChI=1S/C18H22N2O5S/c1-3-25-16-8-10-17(11-9-16)26(22,23)20-13-18(21)19-12-14-4-6-15(24-2)7-5-14/h4-11,20H,3,12-13H2,1-2H3,(H,19,21). The summed E-state index contributed by atoms with van der Waals surface area (Å²) in [6.07, 6.45) is 0. The van der Waals surface area contributed by atoms with E-state index >= 15 is 0 Å². The van der Waals surface area contributed by atoms with Crippen LogP contribution in [0.1, 0.15) is 12.5 Å². The SMILES string of the molecule is CCOc1ccc(S(=O)(=O)NCC(=O)NCc2ccc(OC)cc2)cc1. The molecule has 0 saturated heterocycles. The summed E-state index contributed by atoms with van der Waals surface area (Å²) in [5.41, 5.74) is 0.883. The van der Waals surface area contributed by atoms with Crippen molar-refractivity contribution in [1.82, 2.24) is 10.0 Å². The van der Waals surface area contributed by atoms with Crippen LogP contribution in [-0.2, 0) is 21.4 Å². The van der Waals surface area contributed by atoms with E-state index in [2.05, 4.69) is 10.0 Å². The maximum atomic E-state index is 12.2. The lowest BCUT2D eigenvalue weighted by atomic mass is 10.2. The zero-order valence-electron chi connectivity index (χ0n) is 14.7. The maximum absolute atomic E-state index is 12.2. The molecule has 1 amide bonds. The van der Waals surface area contributed by atoms with Gasteiger partial charge in [-0.05, 0) is 48.9 Å². The second-order valence-electron chi connectivity index (χ2n) is 5.35. The highest BCUT2D eigenvalue weighted by Crippen LogP contribution is 2.15. The number of carbonyl (C=O) groups excluding carboxylic acids is 1. The molecule has 2 N–H and O–H groups in total. The average molecular weight is 378 g/mol. The number of amides is 1. The van der Waals surface area contributed by atoms with Gasteiger partial charge in [-0.2, -0.15) is 0 Å². The summed E-state index contributed by atoms with van der Waals surface area (Å²) in [7, 11) is -2.19. The predicted octanol–water partition coefficient (Wildman–Crippen LogP) is 1.69. The number of hydrogen-bond donors (Lipinski definition) is 2. The van der Waals surface area contributed by atoms with Crippen molar-refractivity contribution in [3.63, 3.8) is 0 Å². The highest BCUT2D eigenvalue weighted by molar-refractivity contribution is 7.89. The lowest BCUT2D eigenvalue weighted by molar-refractivity contribution is -0.120. The summed E-state index contributed by atoms with van der Waals surface area (Å²) in [6, 6.07) is 13.2. The number of sulfonamides is 1. The van der Waals surface area contributed by atoms with Crippen molar-refractivity contribution >= 4 is 15.9 Å². The van der Waals surface area contributed by atoms with Crippen LogP contribution in [0.5, 0.6) is 11.5 Å². The quantitative estimate of drug-likeness (QED) is 0.693. The molecule has 0 spiro atoms. The van der Waals surface area contributed by atoms with Gasteiger partial charge in [0.25, 0.3) is 0 Å². The molecule has 0 atom stereocenters. The van der Waals surface area contributed by atoms with Gasteiger partial charge in [0.2, 0.25) is 15.9 Å². The van der Waals surface area contributed by atoms with Crippen LogP contribution in [0.25, 0.3) is 0 Å². The van der Waals surface area contributed by atoms with E-state index in [1.54, 1.807) is 31.4 Å². The molecule has 0 saturated carbocycles. The van der Waals surface area contributed by atoms with Crippen molar-refractivity contribution < 1.29 is 22.7 Å². The normalized spacial score (nSPS) is 11.0. The van der Waals surface area contributed by atoms with Crippen LogP contribution in [0.3, 0.4) is 0 Å². The second kappa shape index (κ2) is 9.21. The molecule has 2 aromatic rings. The molecule has 0 aromatic heterocycles. The summed E-state index contributed by atoms with van der Waals surface area (Å²) < 4.78 is 37.0. The fraction of sp³-hybridized carbons (Fsp3) is 0.278. The van der Waals surface area contributed by atoms with Crippen LogP contribution < -0.4 is 19.5 Å². The topological polar surface area (TPSA) is 93.7 Å². The molecule has 0 heterocycles. The molecule has 8 heteroatoms. The third kappa shape index (κ3) is 5.75. The van der Waals surface area contributed by atoms with E-state index in [-0.39, 0.29) is 11.4 Å². The highest BCUT2D eigenvalue weighted by Gasteiger charge is 2.15. The monoisotopic (exact) mass is 378 g/mol. The molecule has 0 aliphatic carbocycles. The van der Waals surface area contributed by atoms with Gasteiger partial charge in [0.1, 0.15) is 11.5 Å². The van der Waals surface area contributed by atoms with Gasteiger partial charge in [-0.25, -0.2) is 13.1 Å². The van der Waals surface area contributed by atoms with Gasteiger partial charge in [-0.3, -0.25) is 4.79 Å². The molecular formula is C18H22N2O5S. The second-order valence-corrected chi connectivity index (χ2v) is 7.12. The fourth-order valence-corrected chi connectivity index (χ4v) is 3.11. The van der Waals surface area contributed by atoms with Gasteiger partial charge >= 0.3 is 0 Å². The van der Waals surface area contributed by atoms with E-state index in [1.807, 2.05) is 19.1 Å². The molecule has 0 fully saturated rings. The Morgan fingerprint density at radius 3 is 2.19 bits per heavy atom. The molecule has 26 heavy (non-hydrogen) atoms. The minimum absolute atomic E-state index is 0.0731. The van der Waals surface area contributed by atoms with Crippen LogP contribution >= 0.6 is 0 Å². The highest BCUT2D eigenvalue weighted by atomic mass is 32.2. The van der Waals surface area contributed by atoms with Crippen LogP contribution in [0.2, 0.25) is 0 Å². The smallest absolute Gasteiger partial charge is 0.241 e. The Hall–Kier alpha value is -2.58. The third-order valence-corrected chi connectivity index (χ3v) is 4.93. The summed E-state index contributed by atoms with van der Waals surface area (Å²) in [4.78, 5) is 11.9. The van der Waals surface area contributed by atoms with E-state index in [4.69, 9.17) is 9.47 Å². The predicted molar refractivity (Wildman–Crippen MR) is 97.6 cm³/mol. The summed E-state index contributed by atoms with van der Waals surface area (Å²) in [6.45, 7) is 2.30. The van der Waals surface area contributed by atoms with E-state index < -0.39 is 15.9 Å². The minimum atomic E-state index is -3.76. The number of nitrogens with one attached hydrogen (secondary N) is 2. The molecule has 2 aromatic carbocycles. The zero-order valence-corrected chi connectivity index (χ0v) is 15.5. The largest absolute Gasteiger partial charge is 0.497 e. The Bertz CT molecular complexity index is 818. The minimum Gasteiger partial charge on any atom is -0.497 e. The van der Waals surface area contributed by atoms with Crippen LogP contribution in [-0.4, -0.2) is 34.6 Å². The Morgan fingerprint density at radius 2 is 1.62 bits per heavy atom. The first kappa shape index (κ1) is 19.7. The van der Waals surface area contributed by atoms with Gasteiger partial charge < -0.3 is 14.8 Å². The molecule has 0 bridgehead atoms. The van der Waals surface area contributed by atoms with E-state index in [0.29, 0.717) is 18.9 Å². The lowest BCUT2D eigenvalue weighted by Crippen LogP contribution is -2.36. The summed E-state index contributed by atoms with van der Waals surface area (Å²) in [5.74, 6) is 0.891. The molecular weight excluding hydrogens is 356 g/mol. The summed E-state index contributed by atoms with van der Waals surface area (Å²) >= 11 is 0. The number of hydrogen-bond acceptors (Lipinski definition) is 5. The number of ether oxygens (including phenoxy) is 2.